The fourth-order valence-electron chi connectivity index (χ4n) is 2.99. The summed E-state index contributed by atoms with van der Waals surface area (Å²) in [6.45, 7) is 17.4. The molecule has 0 atom stereocenters. The van der Waals surface area contributed by atoms with Gasteiger partial charge in [-0.1, -0.05) is 52.0 Å². The average molecular weight is 384 g/mol. The van der Waals surface area contributed by atoms with Crippen molar-refractivity contribution in [1.82, 2.24) is 0 Å². The smallest absolute Gasteiger partial charge is 0.119 e. The Bertz CT molecular complexity index is 522. The largest absolute Gasteiger partial charge is 0.491 e. The van der Waals surface area contributed by atoms with Gasteiger partial charge in [-0.25, -0.2) is 0 Å². The van der Waals surface area contributed by atoms with Crippen molar-refractivity contribution in [2.24, 2.45) is 11.8 Å². The Morgan fingerprint density at radius 3 is 1.43 bits per heavy atom. The van der Waals surface area contributed by atoms with E-state index < -0.39 is 0 Å². The summed E-state index contributed by atoms with van der Waals surface area (Å²) in [5, 5.41) is 3.39. The first-order valence-electron chi connectivity index (χ1n) is 10.8. The lowest BCUT2D eigenvalue weighted by molar-refractivity contribution is 0.242. The quantitative estimate of drug-likeness (QED) is 0.513. The van der Waals surface area contributed by atoms with Gasteiger partial charge in [-0.3, -0.25) is 0 Å². The van der Waals surface area contributed by atoms with Crippen LogP contribution in [0, 0.1) is 11.8 Å². The molecule has 0 saturated heterocycles. The molecule has 0 aromatic heterocycles. The Balaban J connectivity index is 0.000000280. The number of anilines is 1. The summed E-state index contributed by atoms with van der Waals surface area (Å²) in [6, 6.07) is 17.7. The van der Waals surface area contributed by atoms with Gasteiger partial charge in [-0.2, -0.15) is 0 Å². The summed E-state index contributed by atoms with van der Waals surface area (Å²) in [7, 11) is 0. The molecular weight excluding hydrogens is 342 g/mol. The van der Waals surface area contributed by atoms with Crippen LogP contribution in [0.4, 0.5) is 5.69 Å². The molecule has 0 unspecified atom stereocenters. The molecule has 0 saturated carbocycles. The van der Waals surface area contributed by atoms with E-state index in [1.165, 1.54) is 23.2 Å². The molecule has 2 rings (SSSR count). The number of hydrogen-bond acceptors (Lipinski definition) is 2. The minimum absolute atomic E-state index is 0.256. The lowest BCUT2D eigenvalue weighted by Crippen LogP contribution is -2.09. The van der Waals surface area contributed by atoms with Crippen LogP contribution in [0.1, 0.15) is 66.5 Å². The van der Waals surface area contributed by atoms with Gasteiger partial charge in [0.1, 0.15) is 5.75 Å². The molecule has 0 aliphatic heterocycles. The molecule has 0 amide bonds. The third kappa shape index (κ3) is 11.0. The second-order valence-electron chi connectivity index (χ2n) is 9.00. The molecule has 0 fully saturated rings. The summed E-state index contributed by atoms with van der Waals surface area (Å²) in [5.74, 6) is 2.42. The van der Waals surface area contributed by atoms with E-state index >= 15 is 0 Å². The predicted octanol–water partition coefficient (Wildman–Crippen LogP) is 7.38. The first kappa shape index (κ1) is 24.1. The Morgan fingerprint density at radius 2 is 1.07 bits per heavy atom. The van der Waals surface area contributed by atoms with Gasteiger partial charge in [-0.05, 0) is 87.8 Å². The molecule has 0 aliphatic carbocycles. The Kier molecular flexibility index (Phi) is 10.7. The first-order valence-corrected chi connectivity index (χ1v) is 10.8. The lowest BCUT2D eigenvalue weighted by atomic mass is 10.0. The molecule has 0 radical (unpaired) electrons. The van der Waals surface area contributed by atoms with E-state index in [0.29, 0.717) is 12.0 Å². The second kappa shape index (κ2) is 12.5. The van der Waals surface area contributed by atoms with Crippen molar-refractivity contribution < 1.29 is 4.74 Å². The van der Waals surface area contributed by atoms with Crippen LogP contribution in [-0.4, -0.2) is 12.1 Å². The summed E-state index contributed by atoms with van der Waals surface area (Å²) < 4.78 is 5.57. The normalized spacial score (nSPS) is 11.0. The van der Waals surface area contributed by atoms with Crippen LogP contribution in [-0.2, 0) is 12.8 Å². The molecule has 0 spiro atoms. The van der Waals surface area contributed by atoms with E-state index in [1.54, 1.807) is 0 Å². The Hall–Kier alpha value is -1.96. The molecule has 0 heterocycles. The zero-order chi connectivity index (χ0) is 21.1. The first-order chi connectivity index (χ1) is 13.2. The fraction of sp³-hybridized carbons (Fsp3) is 0.538. The zero-order valence-corrected chi connectivity index (χ0v) is 19.3. The molecule has 1 N–H and O–H groups in total. The van der Waals surface area contributed by atoms with Crippen LogP contribution in [0.2, 0.25) is 0 Å². The van der Waals surface area contributed by atoms with Crippen LogP contribution in [0.3, 0.4) is 0 Å². The Labute approximate surface area is 173 Å². The number of hydrogen-bond donors (Lipinski definition) is 1. The summed E-state index contributed by atoms with van der Waals surface area (Å²) >= 11 is 0. The standard InChI is InChI=1S/C13H21N.C13H20O/c2*1-10(2)9-12-5-7-13(8-6-12)14-11(3)4/h5-8,10-11,14H,9H2,1-4H3;5-8,10-11H,9H2,1-4H3. The maximum absolute atomic E-state index is 5.57. The van der Waals surface area contributed by atoms with Crippen molar-refractivity contribution in [3.63, 3.8) is 0 Å². The molecular formula is C26H41NO. The van der Waals surface area contributed by atoms with Gasteiger partial charge >= 0.3 is 0 Å². The van der Waals surface area contributed by atoms with Crippen LogP contribution in [0.25, 0.3) is 0 Å². The highest BCUT2D eigenvalue weighted by Crippen LogP contribution is 2.16. The van der Waals surface area contributed by atoms with E-state index in [9.17, 15) is 0 Å². The van der Waals surface area contributed by atoms with Gasteiger partial charge in [0.2, 0.25) is 0 Å². The number of rotatable bonds is 8. The van der Waals surface area contributed by atoms with E-state index in [0.717, 1.165) is 18.1 Å². The van der Waals surface area contributed by atoms with E-state index in [-0.39, 0.29) is 6.10 Å². The van der Waals surface area contributed by atoms with Crippen molar-refractivity contribution >= 4 is 5.69 Å². The van der Waals surface area contributed by atoms with Gasteiger partial charge < -0.3 is 10.1 Å². The molecule has 2 nitrogen and oxygen atoms in total. The third-order valence-electron chi connectivity index (χ3n) is 3.99. The molecule has 2 heteroatoms. The monoisotopic (exact) mass is 383 g/mol. The molecule has 28 heavy (non-hydrogen) atoms. The maximum Gasteiger partial charge on any atom is 0.119 e. The molecule has 0 bridgehead atoms. The van der Waals surface area contributed by atoms with Crippen LogP contribution < -0.4 is 10.1 Å². The topological polar surface area (TPSA) is 21.3 Å². The number of benzene rings is 2. The van der Waals surface area contributed by atoms with Gasteiger partial charge in [0, 0.05) is 11.7 Å². The maximum atomic E-state index is 5.57. The molecule has 0 aliphatic rings. The molecule has 2 aromatic rings. The summed E-state index contributed by atoms with van der Waals surface area (Å²) in [4.78, 5) is 0. The molecule has 156 valence electrons. The second-order valence-corrected chi connectivity index (χ2v) is 9.00. The highest BCUT2D eigenvalue weighted by atomic mass is 16.5. The number of nitrogens with one attached hydrogen (secondary N) is 1. The summed E-state index contributed by atoms with van der Waals surface area (Å²) in [5.41, 5.74) is 4.03. The van der Waals surface area contributed by atoms with Crippen molar-refractivity contribution in [3.05, 3.63) is 59.7 Å². The van der Waals surface area contributed by atoms with E-state index in [2.05, 4.69) is 95.4 Å². The molecule has 2 aromatic carbocycles. The van der Waals surface area contributed by atoms with Gasteiger partial charge in [0.25, 0.3) is 0 Å². The minimum atomic E-state index is 0.256. The van der Waals surface area contributed by atoms with Gasteiger partial charge in [-0.15, -0.1) is 0 Å². The van der Waals surface area contributed by atoms with Crippen LogP contribution in [0.15, 0.2) is 48.5 Å². The average Bonchev–Trinajstić information content (AvgIpc) is 2.57. The number of ether oxygens (including phenoxy) is 1. The van der Waals surface area contributed by atoms with E-state index in [4.69, 9.17) is 4.74 Å². The lowest BCUT2D eigenvalue weighted by Gasteiger charge is -2.11. The van der Waals surface area contributed by atoms with Crippen molar-refractivity contribution in [3.8, 4) is 5.75 Å². The predicted molar refractivity (Wildman–Crippen MR) is 124 cm³/mol. The highest BCUT2D eigenvalue weighted by molar-refractivity contribution is 5.45. The van der Waals surface area contributed by atoms with Gasteiger partial charge in [0.15, 0.2) is 0 Å². The Morgan fingerprint density at radius 1 is 0.643 bits per heavy atom. The SMILES string of the molecule is CC(C)Cc1ccc(NC(C)C)cc1.CC(C)Cc1ccc(OC(C)C)cc1. The fourth-order valence-corrected chi connectivity index (χ4v) is 2.99. The van der Waals surface area contributed by atoms with Crippen molar-refractivity contribution in [1.29, 1.82) is 0 Å². The van der Waals surface area contributed by atoms with Crippen molar-refractivity contribution in [2.45, 2.75) is 80.4 Å². The van der Waals surface area contributed by atoms with Gasteiger partial charge in [0.05, 0.1) is 6.10 Å². The highest BCUT2D eigenvalue weighted by Gasteiger charge is 2.00. The minimum Gasteiger partial charge on any atom is -0.491 e. The zero-order valence-electron chi connectivity index (χ0n) is 19.3. The summed E-state index contributed by atoms with van der Waals surface area (Å²) in [6.07, 6.45) is 2.56. The van der Waals surface area contributed by atoms with Crippen molar-refractivity contribution in [2.75, 3.05) is 5.32 Å². The van der Waals surface area contributed by atoms with E-state index in [1.807, 2.05) is 13.8 Å². The third-order valence-corrected chi connectivity index (χ3v) is 3.99. The van der Waals surface area contributed by atoms with Crippen LogP contribution in [0.5, 0.6) is 5.75 Å². The van der Waals surface area contributed by atoms with Crippen LogP contribution >= 0.6 is 0 Å².